The van der Waals surface area contributed by atoms with Crippen molar-refractivity contribution in [1.82, 2.24) is 8.96 Å². The Bertz CT molecular complexity index is 1280. The number of hydrogen-bond acceptors (Lipinski definition) is 3. The number of aromatic nitrogens is 2. The number of hydrogen-bond donors (Lipinski definition) is 2. The minimum Gasteiger partial charge on any atom is -0.361 e. The van der Waals surface area contributed by atoms with Crippen LogP contribution in [0.1, 0.15) is 35.7 Å². The van der Waals surface area contributed by atoms with Gasteiger partial charge in [0.05, 0.1) is 10.5 Å². The van der Waals surface area contributed by atoms with Crippen LogP contribution in [-0.2, 0) is 10.0 Å². The van der Waals surface area contributed by atoms with Crippen molar-refractivity contribution >= 4 is 32.5 Å². The van der Waals surface area contributed by atoms with Crippen molar-refractivity contribution in [2.75, 3.05) is 5.32 Å². The van der Waals surface area contributed by atoms with Gasteiger partial charge in [-0.05, 0) is 53.9 Å². The van der Waals surface area contributed by atoms with Gasteiger partial charge in [0.15, 0.2) is 0 Å². The lowest BCUT2D eigenvalue weighted by Gasteiger charge is -2.08. The molecule has 0 aliphatic heterocycles. The van der Waals surface area contributed by atoms with E-state index >= 15 is 0 Å². The molecular weight excluding hydrogens is 386 g/mol. The number of fused-ring (bicyclic) bond motifs is 1. The summed E-state index contributed by atoms with van der Waals surface area (Å²) in [5, 5.41) is 3.60. The highest BCUT2D eigenvalue weighted by atomic mass is 32.2. The van der Waals surface area contributed by atoms with E-state index in [1.807, 2.05) is 30.3 Å². The Kier molecular flexibility index (Phi) is 4.76. The van der Waals surface area contributed by atoms with E-state index in [-0.39, 0.29) is 16.4 Å². The van der Waals surface area contributed by atoms with Gasteiger partial charge in [0.25, 0.3) is 15.9 Å². The Hall–Kier alpha value is -3.32. The molecule has 2 aromatic carbocycles. The van der Waals surface area contributed by atoms with Crippen LogP contribution in [0.15, 0.2) is 78.1 Å². The zero-order valence-corrected chi connectivity index (χ0v) is 16.9. The molecule has 0 radical (unpaired) electrons. The highest BCUT2D eigenvalue weighted by Crippen LogP contribution is 2.22. The molecule has 0 aliphatic carbocycles. The number of aromatic amines is 1. The fourth-order valence-electron chi connectivity index (χ4n) is 3.13. The molecular formula is C22H21N3O3S. The van der Waals surface area contributed by atoms with E-state index in [0.29, 0.717) is 11.6 Å². The highest BCUT2D eigenvalue weighted by Gasteiger charge is 2.19. The summed E-state index contributed by atoms with van der Waals surface area (Å²) in [6.07, 6.45) is 4.47. The Morgan fingerprint density at radius 1 is 1.03 bits per heavy atom. The minimum atomic E-state index is -3.79. The SMILES string of the molecule is CC(C)c1ccc(NC(=O)c2ccn(S(=O)(=O)c3ccc4[nH]ccc4c3)c2)cc1. The lowest BCUT2D eigenvalue weighted by atomic mass is 10.0. The molecule has 2 aromatic heterocycles. The molecule has 0 bridgehead atoms. The van der Waals surface area contributed by atoms with Crippen LogP contribution in [0, 0.1) is 0 Å². The number of amides is 1. The summed E-state index contributed by atoms with van der Waals surface area (Å²) in [6, 6.07) is 15.8. The van der Waals surface area contributed by atoms with Crippen molar-refractivity contribution in [2.45, 2.75) is 24.7 Å². The maximum Gasteiger partial charge on any atom is 0.267 e. The predicted molar refractivity (Wildman–Crippen MR) is 114 cm³/mol. The van der Waals surface area contributed by atoms with Gasteiger partial charge in [0.1, 0.15) is 0 Å². The van der Waals surface area contributed by atoms with Gasteiger partial charge in [-0.15, -0.1) is 0 Å². The van der Waals surface area contributed by atoms with Crippen molar-refractivity contribution in [1.29, 1.82) is 0 Å². The number of carbonyl (C=O) groups is 1. The van der Waals surface area contributed by atoms with Crippen molar-refractivity contribution in [3.8, 4) is 0 Å². The summed E-state index contributed by atoms with van der Waals surface area (Å²) in [5.74, 6) is 0.0433. The summed E-state index contributed by atoms with van der Waals surface area (Å²) in [5.41, 5.74) is 2.97. The van der Waals surface area contributed by atoms with Crippen LogP contribution in [-0.4, -0.2) is 23.3 Å². The average molecular weight is 407 g/mol. The maximum atomic E-state index is 12.9. The number of nitrogens with one attached hydrogen (secondary N) is 2. The van der Waals surface area contributed by atoms with Crippen LogP contribution in [0.3, 0.4) is 0 Å². The molecule has 0 saturated heterocycles. The Morgan fingerprint density at radius 2 is 1.79 bits per heavy atom. The van der Waals surface area contributed by atoms with Gasteiger partial charge in [0.2, 0.25) is 0 Å². The summed E-state index contributed by atoms with van der Waals surface area (Å²) in [4.78, 5) is 15.7. The van der Waals surface area contributed by atoms with Crippen LogP contribution in [0.4, 0.5) is 5.69 Å². The zero-order chi connectivity index (χ0) is 20.6. The molecule has 4 aromatic rings. The number of benzene rings is 2. The predicted octanol–water partition coefficient (Wildman–Crippen LogP) is 4.58. The highest BCUT2D eigenvalue weighted by molar-refractivity contribution is 7.90. The van der Waals surface area contributed by atoms with Crippen molar-refractivity contribution in [3.05, 3.63) is 84.3 Å². The van der Waals surface area contributed by atoms with Gasteiger partial charge in [-0.25, -0.2) is 12.4 Å². The second-order valence-corrected chi connectivity index (χ2v) is 9.04. The Morgan fingerprint density at radius 3 is 2.52 bits per heavy atom. The molecule has 0 spiro atoms. The Balaban J connectivity index is 1.55. The molecule has 0 atom stereocenters. The van der Waals surface area contributed by atoms with Gasteiger partial charge >= 0.3 is 0 Å². The second kappa shape index (κ2) is 7.25. The molecule has 1 amide bonds. The summed E-state index contributed by atoms with van der Waals surface area (Å²) < 4.78 is 26.9. The number of rotatable bonds is 5. The molecule has 2 N–H and O–H groups in total. The summed E-state index contributed by atoms with van der Waals surface area (Å²) in [6.45, 7) is 4.20. The summed E-state index contributed by atoms with van der Waals surface area (Å²) in [7, 11) is -3.79. The fourth-order valence-corrected chi connectivity index (χ4v) is 4.36. The zero-order valence-electron chi connectivity index (χ0n) is 16.1. The standard InChI is InChI=1S/C22H21N3O3S/c1-15(2)16-3-5-19(6-4-16)24-22(26)18-10-12-25(14-18)29(27,28)20-7-8-21-17(13-20)9-11-23-21/h3-15,23H,1-2H3,(H,24,26). The third-order valence-corrected chi connectivity index (χ3v) is 6.50. The molecule has 2 heterocycles. The van der Waals surface area contributed by atoms with Crippen LogP contribution < -0.4 is 5.32 Å². The van der Waals surface area contributed by atoms with Gasteiger partial charge < -0.3 is 10.3 Å². The van der Waals surface area contributed by atoms with E-state index in [1.165, 1.54) is 24.0 Å². The monoisotopic (exact) mass is 407 g/mol. The first kappa shape index (κ1) is 19.0. The lowest BCUT2D eigenvalue weighted by molar-refractivity contribution is 0.102. The van der Waals surface area contributed by atoms with E-state index < -0.39 is 10.0 Å². The minimum absolute atomic E-state index is 0.163. The van der Waals surface area contributed by atoms with E-state index in [1.54, 1.807) is 24.4 Å². The van der Waals surface area contributed by atoms with Crippen LogP contribution >= 0.6 is 0 Å². The van der Waals surface area contributed by atoms with Crippen molar-refractivity contribution in [3.63, 3.8) is 0 Å². The largest absolute Gasteiger partial charge is 0.361 e. The molecule has 0 fully saturated rings. The van der Waals surface area contributed by atoms with Crippen LogP contribution in [0.25, 0.3) is 10.9 Å². The van der Waals surface area contributed by atoms with Crippen LogP contribution in [0.2, 0.25) is 0 Å². The van der Waals surface area contributed by atoms with Gasteiger partial charge in [-0.2, -0.15) is 0 Å². The third kappa shape index (κ3) is 3.69. The van der Waals surface area contributed by atoms with Crippen molar-refractivity contribution < 1.29 is 13.2 Å². The maximum absolute atomic E-state index is 12.9. The fraction of sp³-hybridized carbons (Fsp3) is 0.136. The van der Waals surface area contributed by atoms with E-state index in [4.69, 9.17) is 0 Å². The van der Waals surface area contributed by atoms with Crippen molar-refractivity contribution in [2.24, 2.45) is 0 Å². The molecule has 4 rings (SSSR count). The number of carbonyl (C=O) groups excluding carboxylic acids is 1. The topological polar surface area (TPSA) is 84.0 Å². The lowest BCUT2D eigenvalue weighted by Crippen LogP contribution is -2.13. The first-order valence-corrected chi connectivity index (χ1v) is 10.7. The molecule has 0 aliphatic rings. The molecule has 0 saturated carbocycles. The molecule has 7 heteroatoms. The third-order valence-electron chi connectivity index (χ3n) is 4.86. The molecule has 0 unspecified atom stereocenters. The molecule has 29 heavy (non-hydrogen) atoms. The molecule has 6 nitrogen and oxygen atoms in total. The normalized spacial score (nSPS) is 11.8. The van der Waals surface area contributed by atoms with E-state index in [0.717, 1.165) is 14.9 Å². The van der Waals surface area contributed by atoms with Gasteiger partial charge in [-0.1, -0.05) is 26.0 Å². The quantitative estimate of drug-likeness (QED) is 0.508. The average Bonchev–Trinajstić information content (AvgIpc) is 3.37. The number of nitrogens with zero attached hydrogens (tertiary/aromatic N) is 1. The number of H-pyrrole nitrogens is 1. The second-order valence-electron chi connectivity index (χ2n) is 7.19. The van der Waals surface area contributed by atoms with E-state index in [9.17, 15) is 13.2 Å². The number of anilines is 1. The Labute approximate surface area is 169 Å². The molecule has 148 valence electrons. The summed E-state index contributed by atoms with van der Waals surface area (Å²) >= 11 is 0. The first-order valence-electron chi connectivity index (χ1n) is 9.26. The first-order chi connectivity index (χ1) is 13.8. The van der Waals surface area contributed by atoms with E-state index in [2.05, 4.69) is 24.1 Å². The van der Waals surface area contributed by atoms with Gasteiger partial charge in [0, 0.05) is 35.2 Å². The van der Waals surface area contributed by atoms with Gasteiger partial charge in [-0.3, -0.25) is 4.79 Å². The smallest absolute Gasteiger partial charge is 0.267 e. The van der Waals surface area contributed by atoms with Crippen LogP contribution in [0.5, 0.6) is 0 Å².